The molecule has 0 fully saturated rings. The minimum Gasteiger partial charge on any atom is -0.378 e. The summed E-state index contributed by atoms with van der Waals surface area (Å²) in [6.45, 7) is 2.85. The van der Waals surface area contributed by atoms with Gasteiger partial charge in [0.05, 0.1) is 5.57 Å². The maximum atomic E-state index is 11.8. The molecule has 0 bridgehead atoms. The van der Waals surface area contributed by atoms with Crippen LogP contribution < -0.4 is 9.80 Å². The number of carbonyl (C=O) groups excluding carboxylic acids is 2. The molecule has 4 heteroatoms. The zero-order valence-corrected chi connectivity index (χ0v) is 17.3. The molecule has 0 N–H and O–H groups in total. The van der Waals surface area contributed by atoms with Crippen LogP contribution in [0.15, 0.2) is 54.1 Å². The Labute approximate surface area is 166 Å². The third-order valence-corrected chi connectivity index (χ3v) is 5.08. The van der Waals surface area contributed by atoms with Gasteiger partial charge in [-0.1, -0.05) is 18.2 Å². The number of allylic oxidation sites excluding steroid dienone is 3. The lowest BCUT2D eigenvalue weighted by atomic mass is 10.0. The number of anilines is 2. The van der Waals surface area contributed by atoms with Gasteiger partial charge in [-0.2, -0.15) is 0 Å². The standard InChI is InChI=1S/C24H26N2O2/c1-15(27)19(16(2)28)11-12-20-21-9-7-17(25(3)4)13-23(21)24-14-18(26(5)6)8-10-22(20)24/h7-14H,1-6H3. The van der Waals surface area contributed by atoms with Gasteiger partial charge in [0.2, 0.25) is 0 Å². The van der Waals surface area contributed by atoms with Crippen molar-refractivity contribution in [2.45, 2.75) is 13.8 Å². The van der Waals surface area contributed by atoms with Gasteiger partial charge in [0, 0.05) is 39.6 Å². The molecule has 0 aliphatic heterocycles. The molecule has 144 valence electrons. The first kappa shape index (κ1) is 19.6. The highest BCUT2D eigenvalue weighted by molar-refractivity contribution is 6.19. The van der Waals surface area contributed by atoms with Gasteiger partial charge >= 0.3 is 0 Å². The van der Waals surface area contributed by atoms with Crippen molar-refractivity contribution < 1.29 is 9.59 Å². The normalized spacial score (nSPS) is 11.4. The van der Waals surface area contributed by atoms with Crippen LogP contribution in [0.25, 0.3) is 16.7 Å². The number of Topliss-reactive ketones (excluding diaryl/α,β-unsaturated/α-hetero) is 2. The van der Waals surface area contributed by atoms with E-state index in [1.54, 1.807) is 6.08 Å². The summed E-state index contributed by atoms with van der Waals surface area (Å²) < 4.78 is 0. The molecule has 0 heterocycles. The van der Waals surface area contributed by atoms with Crippen LogP contribution in [0.4, 0.5) is 11.4 Å². The second-order valence-electron chi connectivity index (χ2n) is 7.52. The Morgan fingerprint density at radius 2 is 1.14 bits per heavy atom. The van der Waals surface area contributed by atoms with Crippen LogP contribution in [0.5, 0.6) is 0 Å². The number of hydrogen-bond donors (Lipinski definition) is 0. The van der Waals surface area contributed by atoms with Crippen molar-refractivity contribution in [1.29, 1.82) is 0 Å². The van der Waals surface area contributed by atoms with Crippen molar-refractivity contribution in [1.82, 2.24) is 0 Å². The predicted molar refractivity (Wildman–Crippen MR) is 117 cm³/mol. The summed E-state index contributed by atoms with van der Waals surface area (Å²) in [4.78, 5) is 27.8. The fourth-order valence-electron chi connectivity index (χ4n) is 3.51. The number of carbonyl (C=O) groups is 2. The van der Waals surface area contributed by atoms with Crippen molar-refractivity contribution in [2.24, 2.45) is 0 Å². The molecular weight excluding hydrogens is 348 g/mol. The lowest BCUT2D eigenvalue weighted by molar-refractivity contribution is -0.119. The molecule has 0 saturated heterocycles. The number of ketones is 2. The van der Waals surface area contributed by atoms with Crippen LogP contribution in [0.3, 0.4) is 0 Å². The average Bonchev–Trinajstić information content (AvgIpc) is 2.94. The van der Waals surface area contributed by atoms with E-state index in [0.29, 0.717) is 0 Å². The zero-order valence-electron chi connectivity index (χ0n) is 17.3. The maximum Gasteiger partial charge on any atom is 0.163 e. The van der Waals surface area contributed by atoms with E-state index in [-0.39, 0.29) is 17.1 Å². The SMILES string of the molecule is CC(=O)C(=CC=C1c2ccc(N(C)C)cc2-c2cc(N(C)C)ccc21)C(C)=O. The van der Waals surface area contributed by atoms with E-state index >= 15 is 0 Å². The third kappa shape index (κ3) is 3.50. The molecule has 4 nitrogen and oxygen atoms in total. The first-order chi connectivity index (χ1) is 13.2. The monoisotopic (exact) mass is 374 g/mol. The van der Waals surface area contributed by atoms with Gasteiger partial charge in [-0.15, -0.1) is 0 Å². The van der Waals surface area contributed by atoms with Gasteiger partial charge in [-0.25, -0.2) is 0 Å². The average molecular weight is 374 g/mol. The highest BCUT2D eigenvalue weighted by Gasteiger charge is 2.24. The van der Waals surface area contributed by atoms with Gasteiger partial charge < -0.3 is 9.80 Å². The molecule has 3 rings (SSSR count). The van der Waals surface area contributed by atoms with Crippen LogP contribution in [0, 0.1) is 0 Å². The molecule has 0 aromatic heterocycles. The van der Waals surface area contributed by atoms with E-state index in [1.165, 1.54) is 13.8 Å². The Bertz CT molecular complexity index is 951. The van der Waals surface area contributed by atoms with Gasteiger partial charge in [0.25, 0.3) is 0 Å². The maximum absolute atomic E-state index is 11.8. The smallest absolute Gasteiger partial charge is 0.163 e. The highest BCUT2D eigenvalue weighted by Crippen LogP contribution is 2.46. The quantitative estimate of drug-likeness (QED) is 0.379. The van der Waals surface area contributed by atoms with E-state index < -0.39 is 0 Å². The summed E-state index contributed by atoms with van der Waals surface area (Å²) >= 11 is 0. The van der Waals surface area contributed by atoms with Crippen LogP contribution in [-0.4, -0.2) is 39.8 Å². The fraction of sp³-hybridized carbons (Fsp3) is 0.250. The molecule has 0 saturated carbocycles. The molecule has 1 aliphatic carbocycles. The lowest BCUT2D eigenvalue weighted by Crippen LogP contribution is -2.09. The summed E-state index contributed by atoms with van der Waals surface area (Å²) in [5.74, 6) is -0.428. The van der Waals surface area contributed by atoms with Gasteiger partial charge in [-0.3, -0.25) is 9.59 Å². The third-order valence-electron chi connectivity index (χ3n) is 5.08. The second kappa shape index (κ2) is 7.47. The number of nitrogens with zero attached hydrogens (tertiary/aromatic N) is 2. The zero-order chi connectivity index (χ0) is 20.6. The summed E-state index contributed by atoms with van der Waals surface area (Å²) in [6.07, 6.45) is 3.55. The van der Waals surface area contributed by atoms with Crippen molar-refractivity contribution in [3.63, 3.8) is 0 Å². The van der Waals surface area contributed by atoms with E-state index in [4.69, 9.17) is 0 Å². The summed E-state index contributed by atoms with van der Waals surface area (Å²) in [6, 6.07) is 12.8. The van der Waals surface area contributed by atoms with Gasteiger partial charge in [0.1, 0.15) is 0 Å². The Morgan fingerprint density at radius 1 is 0.714 bits per heavy atom. The largest absolute Gasteiger partial charge is 0.378 e. The molecule has 1 aliphatic rings. The highest BCUT2D eigenvalue weighted by atomic mass is 16.1. The molecule has 2 aromatic rings. The molecule has 0 atom stereocenters. The summed E-state index contributed by atoms with van der Waals surface area (Å²) in [5, 5.41) is 0. The first-order valence-electron chi connectivity index (χ1n) is 9.28. The molecule has 2 aromatic carbocycles. The molecule has 0 spiro atoms. The summed E-state index contributed by atoms with van der Waals surface area (Å²) in [5.41, 5.74) is 8.06. The lowest BCUT2D eigenvalue weighted by Gasteiger charge is -2.15. The van der Waals surface area contributed by atoms with Crippen LogP contribution in [-0.2, 0) is 9.59 Å². The van der Waals surface area contributed by atoms with Crippen molar-refractivity contribution in [3.8, 4) is 11.1 Å². The number of rotatable bonds is 5. The predicted octanol–water partition coefficient (Wildman–Crippen LogP) is 4.34. The Kier molecular flexibility index (Phi) is 5.23. The van der Waals surface area contributed by atoms with Crippen LogP contribution in [0.1, 0.15) is 25.0 Å². The van der Waals surface area contributed by atoms with Crippen LogP contribution in [0.2, 0.25) is 0 Å². The number of benzene rings is 2. The molecule has 0 radical (unpaired) electrons. The van der Waals surface area contributed by atoms with Crippen molar-refractivity contribution >= 4 is 28.5 Å². The number of fused-ring (bicyclic) bond motifs is 3. The van der Waals surface area contributed by atoms with E-state index in [9.17, 15) is 9.59 Å². The van der Waals surface area contributed by atoms with E-state index in [0.717, 1.165) is 39.2 Å². The molecule has 0 amide bonds. The van der Waals surface area contributed by atoms with Crippen LogP contribution >= 0.6 is 0 Å². The van der Waals surface area contributed by atoms with Crippen molar-refractivity contribution in [2.75, 3.05) is 38.0 Å². The fourth-order valence-corrected chi connectivity index (χ4v) is 3.51. The Morgan fingerprint density at radius 3 is 1.50 bits per heavy atom. The Hall–Kier alpha value is -3.14. The molecular formula is C24H26N2O2. The Balaban J connectivity index is 2.25. The van der Waals surface area contributed by atoms with Gasteiger partial charge in [-0.05, 0) is 72.0 Å². The molecule has 28 heavy (non-hydrogen) atoms. The minimum absolute atomic E-state index is 0.214. The number of hydrogen-bond acceptors (Lipinski definition) is 4. The van der Waals surface area contributed by atoms with E-state index in [1.807, 2.05) is 34.3 Å². The van der Waals surface area contributed by atoms with Gasteiger partial charge in [0.15, 0.2) is 11.6 Å². The summed E-state index contributed by atoms with van der Waals surface area (Å²) in [7, 11) is 8.11. The topological polar surface area (TPSA) is 40.6 Å². The van der Waals surface area contributed by atoms with E-state index in [2.05, 4.69) is 46.2 Å². The van der Waals surface area contributed by atoms with Crippen molar-refractivity contribution in [3.05, 3.63) is 65.3 Å². The second-order valence-corrected chi connectivity index (χ2v) is 7.52. The molecule has 0 unspecified atom stereocenters. The minimum atomic E-state index is -0.214. The first-order valence-corrected chi connectivity index (χ1v) is 9.28.